The number of urea groups is 3. The highest BCUT2D eigenvalue weighted by molar-refractivity contribution is 14.1. The van der Waals surface area contributed by atoms with Gasteiger partial charge < -0.3 is 58.0 Å². The number of aromatic nitrogens is 6. The van der Waals surface area contributed by atoms with Gasteiger partial charge in [-0.05, 0) is 84.8 Å². The Morgan fingerprint density at radius 3 is 1.39 bits per heavy atom. The number of nitrogens with zero attached hydrogens (tertiary/aromatic N) is 12. The maximum atomic E-state index is 12.3. The molecule has 3 fully saturated rings. The maximum absolute atomic E-state index is 12.3. The van der Waals surface area contributed by atoms with E-state index in [4.69, 9.17) is 57.3 Å². The van der Waals surface area contributed by atoms with Crippen LogP contribution < -0.4 is 5.90 Å². The highest BCUT2D eigenvalue weighted by Gasteiger charge is 2.43. The van der Waals surface area contributed by atoms with Crippen molar-refractivity contribution >= 4 is 122 Å². The van der Waals surface area contributed by atoms with Crippen molar-refractivity contribution in [2.24, 2.45) is 5.90 Å². The SMILES string of the molecule is C#CC(=O)COCCC[B]C=O.C#CC(=O)COCCC[B]C=O.C#CC(=O)O.C=CCON1C(=O)N2CC(I)=CC1C2.C=CCON1C(=O)N2CC(n3cc(C(=O)COCCC)nn3)=CC1C2.CCCOCC(=O)c1cn(C2=CC3CN(C2)C(=O)N3O)nn1.NOCCC[B]C=O. The molecule has 3 saturated heterocycles. The number of nitrogens with two attached hydrogens (primary N) is 1. The number of carboxylic acids is 1. The molecule has 8 rings (SSSR count). The van der Waals surface area contributed by atoms with Crippen molar-refractivity contribution in [1.82, 2.24) is 59.9 Å². The summed E-state index contributed by atoms with van der Waals surface area (Å²) in [5.74, 6) is 7.66. The van der Waals surface area contributed by atoms with Crippen LogP contribution in [0.3, 0.4) is 0 Å². The molecule has 3 unspecified atom stereocenters. The van der Waals surface area contributed by atoms with Gasteiger partial charge >= 0.3 is 24.1 Å². The van der Waals surface area contributed by atoms with Crippen LogP contribution in [0.1, 0.15) is 66.9 Å². The minimum Gasteiger partial charge on any atom is -0.472 e. The normalized spacial score (nSPS) is 16.2. The minimum absolute atomic E-state index is 0.0119. The van der Waals surface area contributed by atoms with E-state index in [-0.39, 0.29) is 91.7 Å². The number of carbonyl (C=O) groups excluding carboxylic acids is 10. The van der Waals surface area contributed by atoms with Gasteiger partial charge in [-0.15, -0.1) is 42.6 Å². The molecule has 0 saturated carbocycles. The standard InChI is InChI=1S/C16H21N5O4.C13H17N5O4.C9H11IN2O2.2C8H10BO3.C4H9BNO2.C3H2O2/c1-3-5-24-11-15(22)14-10-20(18-17-14)12-7-13-9-19(8-12)16(23)21(13)25-6-4-2;1-2-3-22-8-12(19)11-7-17(15-14-11)9-4-10-6-16(5-9)13(20)18(10)21;1-2-3-14-12-8-4-7(10)5-11(6-8)9(12)13;2*1-2-8(11)6-12-5-3-4-9-7-10;6-8-3-1-2-5-4-7;1-2-3(4)5/h4,7,10,13H,2-3,5-6,8-9,11H2,1H3;4,7,10,21H,2-3,5-6,8H2,1H3;2,4,8H,1,3,5-6H2;2*1,7H,3-6H2;4H,1-3,6H2;1H,(H,4,5). The van der Waals surface area contributed by atoms with Crippen molar-refractivity contribution in [3.63, 3.8) is 0 Å². The topological polar surface area (TPSA) is 400 Å². The minimum atomic E-state index is -1.22. The predicted molar refractivity (Wildman–Crippen MR) is 365 cm³/mol. The van der Waals surface area contributed by atoms with Crippen LogP contribution >= 0.6 is 22.6 Å². The zero-order valence-electron chi connectivity index (χ0n) is 54.6. The fourth-order valence-electron chi connectivity index (χ4n) is 8.34. The first-order valence-corrected chi connectivity index (χ1v) is 31.6. The number of ketones is 4. The van der Waals surface area contributed by atoms with Gasteiger partial charge in [0.1, 0.15) is 26.4 Å². The molecule has 2 aromatic heterocycles. The Balaban J connectivity index is 0.000000409. The van der Waals surface area contributed by atoms with Gasteiger partial charge in [0.2, 0.25) is 23.1 Å². The Labute approximate surface area is 584 Å². The Morgan fingerprint density at radius 2 is 1.00 bits per heavy atom. The van der Waals surface area contributed by atoms with Crippen LogP contribution in [0.2, 0.25) is 19.0 Å². The Bertz CT molecular complexity index is 3140. The van der Waals surface area contributed by atoms with E-state index < -0.39 is 18.0 Å². The maximum Gasteiger partial charge on any atom is 0.381 e. The second kappa shape index (κ2) is 50.5. The van der Waals surface area contributed by atoms with Crippen molar-refractivity contribution in [2.45, 2.75) is 83.0 Å². The number of amides is 6. The third kappa shape index (κ3) is 32.0. The van der Waals surface area contributed by atoms with Crippen molar-refractivity contribution in [3.8, 4) is 37.0 Å². The van der Waals surface area contributed by atoms with E-state index in [1.165, 1.54) is 54.6 Å². The summed E-state index contributed by atoms with van der Waals surface area (Å²) in [6, 6.07) is -1.19. The number of ether oxygens (including phenoxy) is 4. The van der Waals surface area contributed by atoms with Crippen LogP contribution in [0.25, 0.3) is 11.4 Å². The average Bonchev–Trinajstić information content (AvgIpc) is 1.66. The lowest BCUT2D eigenvalue weighted by Crippen LogP contribution is -2.33. The van der Waals surface area contributed by atoms with Crippen LogP contribution in [-0.4, -0.2) is 288 Å². The van der Waals surface area contributed by atoms with Crippen LogP contribution in [0.4, 0.5) is 14.4 Å². The molecule has 0 aromatic carbocycles. The van der Waals surface area contributed by atoms with Gasteiger partial charge in [-0.25, -0.2) is 34.4 Å². The first-order valence-electron chi connectivity index (χ1n) is 30.5. The molecule has 6 aliphatic rings. The van der Waals surface area contributed by atoms with E-state index in [9.17, 15) is 53.2 Å². The number of hydrogen-bond donors (Lipinski definition) is 3. The predicted octanol–water partition coefficient (Wildman–Crippen LogP) is 1.85. The van der Waals surface area contributed by atoms with Crippen LogP contribution in [0.15, 0.2) is 59.5 Å². The number of carbonyl (C=O) groups is 11. The summed E-state index contributed by atoms with van der Waals surface area (Å²) in [4.78, 5) is 139. The summed E-state index contributed by atoms with van der Waals surface area (Å²) in [5, 5.41) is 36.3. The lowest BCUT2D eigenvalue weighted by atomic mass is 9.76. The molecule has 3 atom stereocenters. The monoisotopic (exact) mass is 1470 g/mol. The molecule has 0 spiro atoms. The summed E-state index contributed by atoms with van der Waals surface area (Å²) in [6.45, 7) is 17.3. The molecule has 525 valence electrons. The summed E-state index contributed by atoms with van der Waals surface area (Å²) in [6.07, 6.45) is 34.3. The molecular weight excluding hydrogens is 1390 g/mol. The third-order valence-electron chi connectivity index (χ3n) is 12.8. The highest BCUT2D eigenvalue weighted by Crippen LogP contribution is 2.29. The smallest absolute Gasteiger partial charge is 0.381 e. The molecule has 33 nitrogen and oxygen atoms in total. The van der Waals surface area contributed by atoms with Gasteiger partial charge in [0, 0.05) is 55.6 Å². The summed E-state index contributed by atoms with van der Waals surface area (Å²) >= 11 is 2.25. The fourth-order valence-corrected chi connectivity index (χ4v) is 9.16. The van der Waals surface area contributed by atoms with Crippen molar-refractivity contribution in [1.29, 1.82) is 0 Å². The number of rotatable bonds is 37. The number of halogens is 1. The van der Waals surface area contributed by atoms with Crippen molar-refractivity contribution < 1.29 is 96.5 Å². The van der Waals surface area contributed by atoms with Crippen molar-refractivity contribution in [2.75, 3.05) is 112 Å². The second-order valence-corrected chi connectivity index (χ2v) is 21.8. The average molecular weight is 1470 g/mol. The van der Waals surface area contributed by atoms with Gasteiger partial charge in [-0.1, -0.05) is 55.4 Å². The lowest BCUT2D eigenvalue weighted by molar-refractivity contribution is -0.130. The summed E-state index contributed by atoms with van der Waals surface area (Å²) in [7, 11) is 4.55. The second-order valence-electron chi connectivity index (χ2n) is 20.4. The molecule has 4 N–H and O–H groups in total. The van der Waals surface area contributed by atoms with Gasteiger partial charge in [-0.3, -0.25) is 34.1 Å². The number of carboxylic acid groups (broad SMARTS) is 1. The molecular formula is C61H80B3IN13O20. The fraction of sp³-hybridized carbons (Fsp3) is 0.492. The summed E-state index contributed by atoms with van der Waals surface area (Å²) in [5.41, 5.74) is 1.94. The van der Waals surface area contributed by atoms with Crippen LogP contribution in [-0.2, 0) is 62.2 Å². The number of Topliss-reactive ketones (excluding diaryl/α,β-unsaturated/α-hetero) is 4. The number of hydroxylamine groups is 6. The molecule has 8 heterocycles. The van der Waals surface area contributed by atoms with E-state index in [0.29, 0.717) is 95.8 Å². The lowest BCUT2D eigenvalue weighted by Gasteiger charge is -2.20. The molecule has 6 aliphatic heterocycles. The molecule has 37 heteroatoms. The zero-order chi connectivity index (χ0) is 72.6. The molecule has 2 aromatic rings. The van der Waals surface area contributed by atoms with Gasteiger partial charge in [0.05, 0.1) is 99.9 Å². The molecule has 3 radical (unpaired) electrons. The van der Waals surface area contributed by atoms with E-state index in [1.807, 2.05) is 31.8 Å². The van der Waals surface area contributed by atoms with E-state index >= 15 is 0 Å². The number of hydrogen-bond acceptors (Lipinski definition) is 24. The molecule has 98 heavy (non-hydrogen) atoms. The van der Waals surface area contributed by atoms with E-state index in [0.717, 1.165) is 69.2 Å². The number of terminal acetylenes is 3. The molecule has 6 amide bonds. The van der Waals surface area contributed by atoms with Crippen LogP contribution in [0, 0.1) is 37.0 Å². The molecule has 0 aliphatic carbocycles. The Hall–Kier alpha value is -8.81. The highest BCUT2D eigenvalue weighted by atomic mass is 127. The Morgan fingerprint density at radius 1 is 0.612 bits per heavy atom. The van der Waals surface area contributed by atoms with Gasteiger partial charge in [0.15, 0.2) is 33.2 Å². The van der Waals surface area contributed by atoms with E-state index in [2.05, 4.69) is 73.7 Å². The Kier molecular flexibility index (Phi) is 44.0. The first-order chi connectivity index (χ1) is 47.3. The van der Waals surface area contributed by atoms with Crippen LogP contribution in [0.5, 0.6) is 0 Å². The number of fused-ring (bicyclic) bond motifs is 6. The van der Waals surface area contributed by atoms with Crippen molar-refractivity contribution in [3.05, 3.63) is 70.9 Å². The largest absolute Gasteiger partial charge is 0.472 e. The van der Waals surface area contributed by atoms with E-state index in [1.54, 1.807) is 41.5 Å². The van der Waals surface area contributed by atoms with Gasteiger partial charge in [-0.2, -0.15) is 15.2 Å². The third-order valence-corrected chi connectivity index (χ3v) is 13.5. The number of aliphatic carboxylic acids is 1. The summed E-state index contributed by atoms with van der Waals surface area (Å²) < 4.78 is 24.4. The van der Waals surface area contributed by atoms with Gasteiger partial charge in [0.25, 0.3) is 0 Å². The first kappa shape index (κ1) is 85.3. The zero-order valence-corrected chi connectivity index (χ0v) is 56.8. The molecule has 6 bridgehead atoms. The quantitative estimate of drug-likeness (QED) is 0.00830.